The first-order valence-electron chi connectivity index (χ1n) is 6.72. The largest absolute Gasteiger partial charge is 0.469 e. The molecule has 0 aliphatic heterocycles. The van der Waals surface area contributed by atoms with Crippen LogP contribution in [0.25, 0.3) is 0 Å². The van der Waals surface area contributed by atoms with Crippen LogP contribution in [0.1, 0.15) is 16.7 Å². The predicted octanol–water partition coefficient (Wildman–Crippen LogP) is 3.59. The highest BCUT2D eigenvalue weighted by Gasteiger charge is 2.09. The second-order valence-electron chi connectivity index (χ2n) is 4.85. The highest BCUT2D eigenvalue weighted by Crippen LogP contribution is 2.30. The Hall–Kier alpha value is -1.94. The van der Waals surface area contributed by atoms with Crippen LogP contribution in [0.3, 0.4) is 0 Å². The molecular weight excluding hydrogens is 282 g/mol. The zero-order valence-corrected chi connectivity index (χ0v) is 13.1. The number of methoxy groups -OCH3 is 1. The molecule has 2 aromatic rings. The Balaban J connectivity index is 2.13. The fourth-order valence-corrected chi connectivity index (χ4v) is 3.12. The Kier molecular flexibility index (Phi) is 5.28. The maximum absolute atomic E-state index is 11.5. The molecule has 21 heavy (non-hydrogen) atoms. The molecule has 0 aliphatic rings. The van der Waals surface area contributed by atoms with Crippen molar-refractivity contribution in [3.63, 3.8) is 0 Å². The fourth-order valence-electron chi connectivity index (χ4n) is 2.02. The van der Waals surface area contributed by atoms with Crippen molar-refractivity contribution < 1.29 is 9.53 Å². The van der Waals surface area contributed by atoms with Crippen LogP contribution in [-0.4, -0.2) is 13.1 Å². The average molecular weight is 301 g/mol. The Morgan fingerprint density at radius 1 is 1.19 bits per heavy atom. The van der Waals surface area contributed by atoms with E-state index >= 15 is 0 Å². The van der Waals surface area contributed by atoms with E-state index in [2.05, 4.69) is 13.0 Å². The number of rotatable bonds is 5. The van der Waals surface area contributed by atoms with Crippen molar-refractivity contribution in [2.75, 3.05) is 12.8 Å². The summed E-state index contributed by atoms with van der Waals surface area (Å²) in [5.41, 5.74) is 10.1. The van der Waals surface area contributed by atoms with Crippen LogP contribution < -0.4 is 5.73 Å². The van der Waals surface area contributed by atoms with E-state index in [0.29, 0.717) is 6.42 Å². The number of aryl methyl sites for hydroxylation is 1. The van der Waals surface area contributed by atoms with E-state index in [4.69, 9.17) is 10.5 Å². The van der Waals surface area contributed by atoms with E-state index < -0.39 is 0 Å². The van der Waals surface area contributed by atoms with Gasteiger partial charge in [0, 0.05) is 16.3 Å². The molecule has 0 heterocycles. The smallest absolute Gasteiger partial charge is 0.309 e. The van der Waals surface area contributed by atoms with Crippen LogP contribution in [0.15, 0.2) is 47.4 Å². The lowest BCUT2D eigenvalue weighted by Gasteiger charge is -2.10. The van der Waals surface area contributed by atoms with Gasteiger partial charge in [0.25, 0.3) is 0 Å². The Bertz CT molecular complexity index is 640. The summed E-state index contributed by atoms with van der Waals surface area (Å²) in [5.74, 6) is 0.559. The lowest BCUT2D eigenvalue weighted by Crippen LogP contribution is -2.06. The zero-order chi connectivity index (χ0) is 15.2. The second-order valence-corrected chi connectivity index (χ2v) is 5.87. The van der Waals surface area contributed by atoms with Crippen LogP contribution in [0, 0.1) is 6.92 Å². The molecule has 4 heteroatoms. The van der Waals surface area contributed by atoms with Crippen molar-refractivity contribution in [1.82, 2.24) is 0 Å². The summed E-state index contributed by atoms with van der Waals surface area (Å²) >= 11 is 1.69. The number of carbonyl (C=O) groups is 1. The van der Waals surface area contributed by atoms with E-state index in [-0.39, 0.29) is 5.97 Å². The monoisotopic (exact) mass is 301 g/mol. The van der Waals surface area contributed by atoms with Crippen LogP contribution in [0.4, 0.5) is 5.69 Å². The molecule has 2 N–H and O–H groups in total. The first-order valence-corrected chi connectivity index (χ1v) is 7.71. The molecule has 3 nitrogen and oxygen atoms in total. The van der Waals surface area contributed by atoms with Gasteiger partial charge in [-0.25, -0.2) is 0 Å². The van der Waals surface area contributed by atoms with Crippen LogP contribution in [-0.2, 0) is 21.7 Å². The number of hydrogen-bond donors (Lipinski definition) is 1. The first-order chi connectivity index (χ1) is 10.1. The van der Waals surface area contributed by atoms with Crippen molar-refractivity contribution in [2.24, 2.45) is 0 Å². The van der Waals surface area contributed by atoms with Gasteiger partial charge in [-0.3, -0.25) is 4.79 Å². The summed E-state index contributed by atoms with van der Waals surface area (Å²) in [4.78, 5) is 12.5. The molecule has 0 amide bonds. The number of esters is 1. The topological polar surface area (TPSA) is 52.3 Å². The van der Waals surface area contributed by atoms with Gasteiger partial charge in [0.05, 0.1) is 13.5 Å². The molecule has 0 saturated heterocycles. The molecule has 0 radical (unpaired) electrons. The lowest BCUT2D eigenvalue weighted by molar-refractivity contribution is -0.139. The molecule has 0 aromatic heterocycles. The van der Waals surface area contributed by atoms with E-state index in [9.17, 15) is 4.79 Å². The van der Waals surface area contributed by atoms with Gasteiger partial charge < -0.3 is 10.5 Å². The minimum absolute atomic E-state index is 0.220. The number of nitrogen functional groups attached to an aromatic ring is 1. The number of anilines is 1. The number of carbonyl (C=O) groups excluding carboxylic acids is 1. The zero-order valence-electron chi connectivity index (χ0n) is 12.3. The molecule has 110 valence electrons. The van der Waals surface area contributed by atoms with Crippen LogP contribution in [0.5, 0.6) is 0 Å². The average Bonchev–Trinajstić information content (AvgIpc) is 2.49. The number of ether oxygens (including phenoxy) is 1. The summed E-state index contributed by atoms with van der Waals surface area (Å²) in [6.07, 6.45) is 0.302. The molecule has 0 atom stereocenters. The van der Waals surface area contributed by atoms with E-state index in [0.717, 1.165) is 27.5 Å². The minimum atomic E-state index is -0.220. The Morgan fingerprint density at radius 3 is 2.62 bits per heavy atom. The third-order valence-corrected chi connectivity index (χ3v) is 4.35. The van der Waals surface area contributed by atoms with Crippen molar-refractivity contribution >= 4 is 23.4 Å². The van der Waals surface area contributed by atoms with E-state index in [1.807, 2.05) is 36.4 Å². The maximum atomic E-state index is 11.5. The van der Waals surface area contributed by atoms with Crippen LogP contribution in [0.2, 0.25) is 0 Å². The van der Waals surface area contributed by atoms with Crippen molar-refractivity contribution in [2.45, 2.75) is 24.0 Å². The Labute approximate surface area is 129 Å². The van der Waals surface area contributed by atoms with Gasteiger partial charge in [0.2, 0.25) is 0 Å². The minimum Gasteiger partial charge on any atom is -0.469 e. The van der Waals surface area contributed by atoms with E-state index in [1.165, 1.54) is 12.7 Å². The molecule has 0 saturated carbocycles. The van der Waals surface area contributed by atoms with Crippen molar-refractivity contribution in [3.8, 4) is 0 Å². The second kappa shape index (κ2) is 7.18. The summed E-state index contributed by atoms with van der Waals surface area (Å²) in [6.45, 7) is 2.05. The molecule has 0 aliphatic carbocycles. The predicted molar refractivity (Wildman–Crippen MR) is 87.3 cm³/mol. The number of hydrogen-bond acceptors (Lipinski definition) is 4. The molecule has 2 aromatic carbocycles. The van der Waals surface area contributed by atoms with Crippen LogP contribution >= 0.6 is 11.8 Å². The number of thioether (sulfide) groups is 1. The normalized spacial score (nSPS) is 10.4. The Morgan fingerprint density at radius 2 is 1.90 bits per heavy atom. The van der Waals surface area contributed by atoms with Crippen molar-refractivity contribution in [1.29, 1.82) is 0 Å². The van der Waals surface area contributed by atoms with Gasteiger partial charge >= 0.3 is 5.97 Å². The highest BCUT2D eigenvalue weighted by atomic mass is 32.2. The quantitative estimate of drug-likeness (QED) is 0.521. The summed E-state index contributed by atoms with van der Waals surface area (Å²) in [7, 11) is 1.41. The van der Waals surface area contributed by atoms with Gasteiger partial charge in [-0.1, -0.05) is 30.3 Å². The summed E-state index contributed by atoms with van der Waals surface area (Å²) < 4.78 is 4.74. The molecule has 0 unspecified atom stereocenters. The fraction of sp³-hybridized carbons (Fsp3) is 0.235. The van der Waals surface area contributed by atoms with Gasteiger partial charge in [0.1, 0.15) is 0 Å². The molecule has 0 bridgehead atoms. The van der Waals surface area contributed by atoms with Crippen molar-refractivity contribution in [3.05, 3.63) is 59.2 Å². The summed E-state index contributed by atoms with van der Waals surface area (Å²) in [5, 5.41) is 0. The summed E-state index contributed by atoms with van der Waals surface area (Å²) in [6, 6.07) is 13.9. The van der Waals surface area contributed by atoms with Gasteiger partial charge in [-0.2, -0.15) is 0 Å². The third kappa shape index (κ3) is 4.26. The first kappa shape index (κ1) is 15.4. The van der Waals surface area contributed by atoms with E-state index in [1.54, 1.807) is 11.8 Å². The maximum Gasteiger partial charge on any atom is 0.309 e. The molecule has 2 rings (SSSR count). The third-order valence-electron chi connectivity index (χ3n) is 3.23. The lowest BCUT2D eigenvalue weighted by atomic mass is 10.1. The molecule has 0 spiro atoms. The molecule has 0 fully saturated rings. The number of benzene rings is 2. The SMILES string of the molecule is COC(=O)Cc1ccccc1CSc1cc(C)ccc1N. The van der Waals surface area contributed by atoms with Gasteiger partial charge in [0.15, 0.2) is 0 Å². The standard InChI is InChI=1S/C17H19NO2S/c1-12-7-8-15(18)16(9-12)21-11-14-6-4-3-5-13(14)10-17(19)20-2/h3-9H,10-11,18H2,1-2H3. The van der Waals surface area contributed by atoms with Gasteiger partial charge in [-0.15, -0.1) is 11.8 Å². The van der Waals surface area contributed by atoms with Gasteiger partial charge in [-0.05, 0) is 35.7 Å². The highest BCUT2D eigenvalue weighted by molar-refractivity contribution is 7.98. The molecular formula is C17H19NO2S. The number of nitrogens with two attached hydrogens (primary N) is 1.